The van der Waals surface area contributed by atoms with Gasteiger partial charge in [-0.15, -0.1) is 0 Å². The lowest BCUT2D eigenvalue weighted by Gasteiger charge is -2.12. The fourth-order valence-electron chi connectivity index (χ4n) is 2.60. The van der Waals surface area contributed by atoms with Crippen LogP contribution in [-0.2, 0) is 17.6 Å². The van der Waals surface area contributed by atoms with Crippen LogP contribution in [0.1, 0.15) is 28.9 Å². The first kappa shape index (κ1) is 17.1. The molecule has 0 radical (unpaired) electrons. The number of anilines is 1. The molecule has 0 saturated carbocycles. The molecule has 1 aromatic heterocycles. The zero-order chi connectivity index (χ0) is 16.8. The predicted molar refractivity (Wildman–Crippen MR) is 93.9 cm³/mol. The molecule has 5 heteroatoms. The van der Waals surface area contributed by atoms with Gasteiger partial charge in [-0.3, -0.25) is 9.89 Å². The molecule has 0 aliphatic carbocycles. The Morgan fingerprint density at radius 3 is 2.48 bits per heavy atom. The van der Waals surface area contributed by atoms with Crippen LogP contribution in [0.4, 0.5) is 5.69 Å². The van der Waals surface area contributed by atoms with E-state index in [0.29, 0.717) is 13.0 Å². The van der Waals surface area contributed by atoms with Gasteiger partial charge in [-0.2, -0.15) is 5.10 Å². The predicted octanol–water partition coefficient (Wildman–Crippen LogP) is 2.38. The van der Waals surface area contributed by atoms with Gasteiger partial charge >= 0.3 is 0 Å². The Bertz CT molecular complexity index is 624. The van der Waals surface area contributed by atoms with Crippen molar-refractivity contribution in [2.45, 2.75) is 33.1 Å². The van der Waals surface area contributed by atoms with E-state index in [-0.39, 0.29) is 5.91 Å². The first-order valence-electron chi connectivity index (χ1n) is 8.00. The number of nitrogens with zero attached hydrogens (tertiary/aromatic N) is 2. The molecule has 2 rings (SSSR count). The molecule has 0 spiro atoms. The number of amides is 1. The lowest BCUT2D eigenvalue weighted by atomic mass is 10.1. The first-order chi connectivity index (χ1) is 11.0. The van der Waals surface area contributed by atoms with Gasteiger partial charge in [0.1, 0.15) is 0 Å². The van der Waals surface area contributed by atoms with Crippen LogP contribution in [0.25, 0.3) is 0 Å². The lowest BCUT2D eigenvalue weighted by Crippen LogP contribution is -2.26. The van der Waals surface area contributed by atoms with Crippen LogP contribution in [0, 0.1) is 13.8 Å². The van der Waals surface area contributed by atoms with E-state index in [0.717, 1.165) is 35.5 Å². The molecule has 2 aromatic rings. The van der Waals surface area contributed by atoms with Crippen LogP contribution in [0.5, 0.6) is 0 Å². The summed E-state index contributed by atoms with van der Waals surface area (Å²) in [6, 6.07) is 8.08. The molecule has 0 unspecified atom stereocenters. The van der Waals surface area contributed by atoms with E-state index in [4.69, 9.17) is 0 Å². The molecule has 0 saturated heterocycles. The van der Waals surface area contributed by atoms with Gasteiger partial charge in [0.25, 0.3) is 0 Å². The van der Waals surface area contributed by atoms with Gasteiger partial charge in [0.05, 0.1) is 12.1 Å². The van der Waals surface area contributed by atoms with E-state index in [2.05, 4.69) is 15.5 Å². The van der Waals surface area contributed by atoms with Crippen molar-refractivity contribution in [3.8, 4) is 0 Å². The number of carbonyl (C=O) groups is 1. The summed E-state index contributed by atoms with van der Waals surface area (Å²) in [5.74, 6) is 0.0724. The number of aryl methyl sites for hydroxylation is 2. The zero-order valence-electron chi connectivity index (χ0n) is 14.4. The van der Waals surface area contributed by atoms with Gasteiger partial charge in [-0.25, -0.2) is 0 Å². The van der Waals surface area contributed by atoms with Crippen LogP contribution < -0.4 is 10.2 Å². The van der Waals surface area contributed by atoms with Crippen molar-refractivity contribution in [3.05, 3.63) is 46.8 Å². The summed E-state index contributed by atoms with van der Waals surface area (Å²) in [4.78, 5) is 14.0. The number of benzene rings is 1. The highest BCUT2D eigenvalue weighted by atomic mass is 16.1. The maximum atomic E-state index is 12.0. The summed E-state index contributed by atoms with van der Waals surface area (Å²) in [6.45, 7) is 4.73. The average Bonchev–Trinajstić information content (AvgIpc) is 2.83. The number of carbonyl (C=O) groups excluding carboxylic acids is 1. The fraction of sp³-hybridized carbons (Fsp3) is 0.444. The van der Waals surface area contributed by atoms with Gasteiger partial charge in [-0.05, 0) is 49.9 Å². The molecule has 0 fully saturated rings. The third-order valence-corrected chi connectivity index (χ3v) is 4.02. The van der Waals surface area contributed by atoms with E-state index in [1.165, 1.54) is 5.56 Å². The number of hydrogen-bond donors (Lipinski definition) is 2. The molecule has 0 aliphatic rings. The van der Waals surface area contributed by atoms with Gasteiger partial charge in [0.15, 0.2) is 0 Å². The van der Waals surface area contributed by atoms with Crippen molar-refractivity contribution in [2.75, 3.05) is 25.5 Å². The molecular formula is C18H26N4O. The summed E-state index contributed by atoms with van der Waals surface area (Å²) in [7, 11) is 4.01. The summed E-state index contributed by atoms with van der Waals surface area (Å²) in [5.41, 5.74) is 5.61. The maximum Gasteiger partial charge on any atom is 0.224 e. The van der Waals surface area contributed by atoms with E-state index in [1.807, 2.05) is 57.1 Å². The second-order valence-corrected chi connectivity index (χ2v) is 6.10. The first-order valence-corrected chi connectivity index (χ1v) is 8.00. The minimum Gasteiger partial charge on any atom is -0.378 e. The number of hydrogen-bond acceptors (Lipinski definition) is 3. The largest absolute Gasteiger partial charge is 0.378 e. The van der Waals surface area contributed by atoms with Crippen molar-refractivity contribution >= 4 is 11.6 Å². The third-order valence-electron chi connectivity index (χ3n) is 4.02. The molecule has 0 bridgehead atoms. The normalized spacial score (nSPS) is 10.6. The minimum atomic E-state index is 0.0724. The van der Waals surface area contributed by atoms with E-state index >= 15 is 0 Å². The monoisotopic (exact) mass is 314 g/mol. The zero-order valence-corrected chi connectivity index (χ0v) is 14.4. The van der Waals surface area contributed by atoms with Crippen LogP contribution in [-0.4, -0.2) is 36.7 Å². The second-order valence-electron chi connectivity index (χ2n) is 6.10. The Morgan fingerprint density at radius 2 is 1.91 bits per heavy atom. The number of nitrogens with one attached hydrogen (secondary N) is 2. The molecule has 124 valence electrons. The summed E-state index contributed by atoms with van der Waals surface area (Å²) in [5, 5.41) is 10.2. The van der Waals surface area contributed by atoms with E-state index < -0.39 is 0 Å². The Kier molecular flexibility index (Phi) is 5.79. The van der Waals surface area contributed by atoms with Crippen molar-refractivity contribution in [3.63, 3.8) is 0 Å². The SMILES string of the molecule is Cc1n[nH]c(C)c1CCCNC(=O)Cc1ccc(N(C)C)cc1. The number of aromatic amines is 1. The Balaban J connectivity index is 1.73. The third kappa shape index (κ3) is 4.84. The summed E-state index contributed by atoms with van der Waals surface area (Å²) in [6.07, 6.45) is 2.29. The van der Waals surface area contributed by atoms with Crippen LogP contribution in [0.3, 0.4) is 0 Å². The number of H-pyrrole nitrogens is 1. The Hall–Kier alpha value is -2.30. The fourth-order valence-corrected chi connectivity index (χ4v) is 2.60. The topological polar surface area (TPSA) is 61.0 Å². The van der Waals surface area contributed by atoms with Gasteiger partial charge in [0, 0.05) is 32.0 Å². The van der Waals surface area contributed by atoms with Crippen molar-refractivity contribution in [2.24, 2.45) is 0 Å². The van der Waals surface area contributed by atoms with Gasteiger partial charge in [-0.1, -0.05) is 12.1 Å². The summed E-state index contributed by atoms with van der Waals surface area (Å²) >= 11 is 0. The summed E-state index contributed by atoms with van der Waals surface area (Å²) < 4.78 is 0. The second kappa shape index (κ2) is 7.81. The van der Waals surface area contributed by atoms with Gasteiger partial charge < -0.3 is 10.2 Å². The molecule has 1 amide bonds. The molecule has 0 aliphatic heterocycles. The van der Waals surface area contributed by atoms with Crippen molar-refractivity contribution < 1.29 is 4.79 Å². The molecule has 1 heterocycles. The minimum absolute atomic E-state index is 0.0724. The van der Waals surface area contributed by atoms with Crippen LogP contribution in [0.2, 0.25) is 0 Å². The lowest BCUT2D eigenvalue weighted by molar-refractivity contribution is -0.120. The van der Waals surface area contributed by atoms with Gasteiger partial charge in [0.2, 0.25) is 5.91 Å². The molecule has 23 heavy (non-hydrogen) atoms. The average molecular weight is 314 g/mol. The molecule has 0 atom stereocenters. The molecular weight excluding hydrogens is 288 g/mol. The number of aromatic nitrogens is 2. The quantitative estimate of drug-likeness (QED) is 0.771. The molecule has 5 nitrogen and oxygen atoms in total. The highest BCUT2D eigenvalue weighted by Crippen LogP contribution is 2.13. The number of rotatable bonds is 7. The van der Waals surface area contributed by atoms with Crippen LogP contribution in [0.15, 0.2) is 24.3 Å². The highest BCUT2D eigenvalue weighted by Gasteiger charge is 2.07. The van der Waals surface area contributed by atoms with Crippen LogP contribution >= 0.6 is 0 Å². The standard InChI is InChI=1S/C18H26N4O/c1-13-17(14(2)21-20-13)6-5-11-19-18(23)12-15-7-9-16(10-8-15)22(3)4/h7-10H,5-6,11-12H2,1-4H3,(H,19,23)(H,20,21). The van der Waals surface area contributed by atoms with E-state index in [9.17, 15) is 4.79 Å². The Labute approximate surface area is 138 Å². The van der Waals surface area contributed by atoms with Crippen molar-refractivity contribution in [1.82, 2.24) is 15.5 Å². The smallest absolute Gasteiger partial charge is 0.224 e. The maximum absolute atomic E-state index is 12.0. The van der Waals surface area contributed by atoms with Crippen molar-refractivity contribution in [1.29, 1.82) is 0 Å². The molecule has 2 N–H and O–H groups in total. The molecule has 1 aromatic carbocycles. The Morgan fingerprint density at radius 1 is 1.22 bits per heavy atom. The van der Waals surface area contributed by atoms with E-state index in [1.54, 1.807) is 0 Å². The highest BCUT2D eigenvalue weighted by molar-refractivity contribution is 5.78.